The quantitative estimate of drug-likeness (QED) is 0.482. The molecule has 0 unspecified atom stereocenters. The highest BCUT2D eigenvalue weighted by Gasteiger charge is 2.31. The molecule has 9 heteroatoms. The Labute approximate surface area is 104 Å². The number of nitro benzene ring substituents is 1. The van der Waals surface area contributed by atoms with Gasteiger partial charge >= 0.3 is 5.69 Å². The fourth-order valence-electron chi connectivity index (χ4n) is 1.10. The van der Waals surface area contributed by atoms with Crippen LogP contribution in [0, 0.1) is 10.1 Å². The molecular formula is C7H5BrClNO5S. The summed E-state index contributed by atoms with van der Waals surface area (Å²) in [5.41, 5.74) is -0.688. The van der Waals surface area contributed by atoms with E-state index in [9.17, 15) is 18.5 Å². The maximum atomic E-state index is 11.2. The molecule has 1 rings (SSSR count). The van der Waals surface area contributed by atoms with Gasteiger partial charge in [0, 0.05) is 15.2 Å². The maximum absolute atomic E-state index is 11.2. The number of hydrogen-bond acceptors (Lipinski definition) is 5. The molecule has 0 radical (unpaired) electrons. The Kier molecular flexibility index (Phi) is 3.76. The highest BCUT2D eigenvalue weighted by molar-refractivity contribution is 9.10. The summed E-state index contributed by atoms with van der Waals surface area (Å²) in [5, 5.41) is 10.8. The third-order valence-electron chi connectivity index (χ3n) is 1.69. The molecule has 1 aromatic rings. The molecule has 0 aliphatic heterocycles. The highest BCUT2D eigenvalue weighted by Crippen LogP contribution is 2.40. The zero-order chi connectivity index (χ0) is 12.5. The highest BCUT2D eigenvalue weighted by atomic mass is 79.9. The Hall–Kier alpha value is -0.860. The van der Waals surface area contributed by atoms with E-state index in [1.807, 2.05) is 0 Å². The maximum Gasteiger partial charge on any atom is 0.331 e. The fraction of sp³-hybridized carbons (Fsp3) is 0.143. The number of hydrogen-bond donors (Lipinski definition) is 0. The van der Waals surface area contributed by atoms with Crippen molar-refractivity contribution >= 4 is 41.4 Å². The number of ether oxygens (including phenoxy) is 1. The first-order valence-corrected chi connectivity index (χ1v) is 6.84. The van der Waals surface area contributed by atoms with Gasteiger partial charge in [0.25, 0.3) is 9.05 Å². The summed E-state index contributed by atoms with van der Waals surface area (Å²) >= 11 is 2.89. The molecule has 0 saturated carbocycles. The number of benzene rings is 1. The van der Waals surface area contributed by atoms with Gasteiger partial charge < -0.3 is 4.74 Å². The lowest BCUT2D eigenvalue weighted by Crippen LogP contribution is -2.02. The summed E-state index contributed by atoms with van der Waals surface area (Å²) in [6.45, 7) is 0. The summed E-state index contributed by atoms with van der Waals surface area (Å²) in [6, 6.07) is 2.58. The molecule has 0 fully saturated rings. The van der Waals surface area contributed by atoms with E-state index < -0.39 is 24.6 Å². The first-order chi connectivity index (χ1) is 7.29. The molecule has 0 saturated heterocycles. The first kappa shape index (κ1) is 13.2. The molecule has 0 aliphatic carbocycles. The molecule has 0 N–H and O–H groups in total. The van der Waals surface area contributed by atoms with Crippen molar-refractivity contribution in [1.29, 1.82) is 0 Å². The molecule has 0 aliphatic rings. The molecule has 0 bridgehead atoms. The van der Waals surface area contributed by atoms with Gasteiger partial charge in [0.2, 0.25) is 0 Å². The van der Waals surface area contributed by atoms with Gasteiger partial charge in [-0.25, -0.2) is 8.42 Å². The Morgan fingerprint density at radius 3 is 2.44 bits per heavy atom. The van der Waals surface area contributed by atoms with Gasteiger partial charge in [-0.15, -0.1) is 0 Å². The van der Waals surface area contributed by atoms with Crippen LogP contribution in [0.2, 0.25) is 0 Å². The van der Waals surface area contributed by atoms with Crippen LogP contribution in [0.4, 0.5) is 5.69 Å². The molecule has 0 atom stereocenters. The largest absolute Gasteiger partial charge is 0.490 e. The van der Waals surface area contributed by atoms with Crippen LogP contribution in [0.25, 0.3) is 0 Å². The number of nitro groups is 1. The number of nitrogens with zero attached hydrogens (tertiary/aromatic N) is 1. The Bertz CT molecular complexity index is 544. The van der Waals surface area contributed by atoms with E-state index in [0.29, 0.717) is 0 Å². The first-order valence-electron chi connectivity index (χ1n) is 3.74. The minimum absolute atomic E-state index is 0.00926. The summed E-state index contributed by atoms with van der Waals surface area (Å²) in [7, 11) is 2.08. The van der Waals surface area contributed by atoms with Crippen molar-refractivity contribution in [2.75, 3.05) is 7.11 Å². The van der Waals surface area contributed by atoms with Crippen molar-refractivity contribution in [3.8, 4) is 5.75 Å². The summed E-state index contributed by atoms with van der Waals surface area (Å²) in [6.07, 6.45) is 0. The zero-order valence-electron chi connectivity index (χ0n) is 7.81. The monoisotopic (exact) mass is 329 g/mol. The Balaban J connectivity index is 3.76. The second kappa shape index (κ2) is 4.56. The van der Waals surface area contributed by atoms with Crippen molar-refractivity contribution in [2.45, 2.75) is 4.90 Å². The summed E-state index contributed by atoms with van der Waals surface area (Å²) < 4.78 is 27.2. The van der Waals surface area contributed by atoms with Crippen LogP contribution in [-0.2, 0) is 9.05 Å². The fourth-order valence-corrected chi connectivity index (χ4v) is 3.51. The van der Waals surface area contributed by atoms with Crippen molar-refractivity contribution in [2.24, 2.45) is 0 Å². The summed E-state index contributed by atoms with van der Waals surface area (Å²) in [4.78, 5) is 9.31. The molecule has 0 aromatic heterocycles. The number of rotatable bonds is 3. The van der Waals surface area contributed by atoms with Gasteiger partial charge in [-0.05, 0) is 28.1 Å². The minimum Gasteiger partial charge on any atom is -0.490 e. The molecule has 0 amide bonds. The summed E-state index contributed by atoms with van der Waals surface area (Å²) in [5.74, 6) is -0.174. The third-order valence-corrected chi connectivity index (χ3v) is 3.98. The zero-order valence-corrected chi connectivity index (χ0v) is 11.0. The molecular weight excluding hydrogens is 326 g/mol. The van der Waals surface area contributed by atoms with E-state index >= 15 is 0 Å². The van der Waals surface area contributed by atoms with Gasteiger partial charge in [-0.3, -0.25) is 10.1 Å². The van der Waals surface area contributed by atoms with Crippen LogP contribution in [0.15, 0.2) is 21.5 Å². The Morgan fingerprint density at radius 1 is 1.50 bits per heavy atom. The van der Waals surface area contributed by atoms with E-state index in [4.69, 9.17) is 15.4 Å². The second-order valence-corrected chi connectivity index (χ2v) is 5.98. The van der Waals surface area contributed by atoms with E-state index in [2.05, 4.69) is 15.9 Å². The predicted molar refractivity (Wildman–Crippen MR) is 60.4 cm³/mol. The van der Waals surface area contributed by atoms with Crippen molar-refractivity contribution in [3.05, 3.63) is 26.7 Å². The van der Waals surface area contributed by atoms with E-state index in [1.165, 1.54) is 19.2 Å². The molecule has 6 nitrogen and oxygen atoms in total. The van der Waals surface area contributed by atoms with E-state index in [0.717, 1.165) is 0 Å². The van der Waals surface area contributed by atoms with Gasteiger partial charge in [0.15, 0.2) is 10.6 Å². The van der Waals surface area contributed by atoms with Gasteiger partial charge in [-0.1, -0.05) is 0 Å². The van der Waals surface area contributed by atoms with Crippen LogP contribution < -0.4 is 4.74 Å². The predicted octanol–water partition coefficient (Wildman–Crippen LogP) is 2.29. The molecule has 88 valence electrons. The smallest absolute Gasteiger partial charge is 0.331 e. The molecule has 0 heterocycles. The minimum atomic E-state index is -4.24. The lowest BCUT2D eigenvalue weighted by Gasteiger charge is -2.06. The van der Waals surface area contributed by atoms with E-state index in [-0.39, 0.29) is 10.2 Å². The average molecular weight is 331 g/mol. The second-order valence-electron chi connectivity index (χ2n) is 2.62. The van der Waals surface area contributed by atoms with Crippen molar-refractivity contribution < 1.29 is 18.1 Å². The third kappa shape index (κ3) is 2.45. The van der Waals surface area contributed by atoms with Crippen LogP contribution >= 0.6 is 26.6 Å². The van der Waals surface area contributed by atoms with Gasteiger partial charge in [-0.2, -0.15) is 0 Å². The van der Waals surface area contributed by atoms with Crippen LogP contribution in [0.5, 0.6) is 5.75 Å². The average Bonchev–Trinajstić information content (AvgIpc) is 2.15. The number of halogens is 2. The Morgan fingerprint density at radius 2 is 2.06 bits per heavy atom. The van der Waals surface area contributed by atoms with E-state index in [1.54, 1.807) is 0 Å². The van der Waals surface area contributed by atoms with Gasteiger partial charge in [0.1, 0.15) is 0 Å². The van der Waals surface area contributed by atoms with Crippen molar-refractivity contribution in [1.82, 2.24) is 0 Å². The van der Waals surface area contributed by atoms with Crippen molar-refractivity contribution in [3.63, 3.8) is 0 Å². The van der Waals surface area contributed by atoms with Crippen LogP contribution in [-0.4, -0.2) is 20.5 Å². The lowest BCUT2D eigenvalue weighted by molar-refractivity contribution is -0.388. The SMILES string of the molecule is COc1ccc(Br)c(S(=O)(=O)Cl)c1[N+](=O)[O-]. The lowest BCUT2D eigenvalue weighted by atomic mass is 10.3. The van der Waals surface area contributed by atoms with Crippen LogP contribution in [0.3, 0.4) is 0 Å². The van der Waals surface area contributed by atoms with Crippen LogP contribution in [0.1, 0.15) is 0 Å². The molecule has 0 spiro atoms. The standard InChI is InChI=1S/C7H5BrClNO5S/c1-15-5-3-2-4(8)7(16(9,13)14)6(5)10(11)12/h2-3H,1H3. The number of methoxy groups -OCH3 is 1. The molecule has 1 aromatic carbocycles. The molecule has 16 heavy (non-hydrogen) atoms. The topological polar surface area (TPSA) is 86.5 Å². The van der Waals surface area contributed by atoms with Gasteiger partial charge in [0.05, 0.1) is 12.0 Å². The normalized spacial score (nSPS) is 11.2.